The molecule has 0 bridgehead atoms. The third-order valence-corrected chi connectivity index (χ3v) is 4.71. The highest BCUT2D eigenvalue weighted by molar-refractivity contribution is 7.09. The predicted octanol–water partition coefficient (Wildman–Crippen LogP) is 3.08. The average Bonchev–Trinajstić information content (AvgIpc) is 2.94. The van der Waals surface area contributed by atoms with Crippen LogP contribution >= 0.6 is 22.9 Å². The molecule has 2 N–H and O–H groups in total. The van der Waals surface area contributed by atoms with Crippen molar-refractivity contribution in [3.05, 3.63) is 67.2 Å². The molecule has 0 saturated heterocycles. The molecule has 0 aliphatic heterocycles. The summed E-state index contributed by atoms with van der Waals surface area (Å²) in [6.45, 7) is 3.52. The van der Waals surface area contributed by atoms with E-state index in [0.29, 0.717) is 10.6 Å². The van der Waals surface area contributed by atoms with Crippen LogP contribution in [0.5, 0.6) is 0 Å². The molecule has 0 radical (unpaired) electrons. The van der Waals surface area contributed by atoms with E-state index in [9.17, 15) is 4.79 Å². The van der Waals surface area contributed by atoms with E-state index in [2.05, 4.69) is 16.8 Å². The van der Waals surface area contributed by atoms with E-state index in [-0.39, 0.29) is 5.63 Å². The Kier molecular flexibility index (Phi) is 4.10. The molecule has 0 aliphatic rings. The first kappa shape index (κ1) is 14.3. The van der Waals surface area contributed by atoms with Crippen LogP contribution in [0.2, 0.25) is 5.02 Å². The van der Waals surface area contributed by atoms with Crippen LogP contribution < -0.4 is 10.9 Å². The minimum Gasteiger partial charge on any atom is -0.423 e. The lowest BCUT2D eigenvalue weighted by Gasteiger charge is -2.06. The minimum absolute atomic E-state index is 0.316. The van der Waals surface area contributed by atoms with Gasteiger partial charge in [-0.1, -0.05) is 17.7 Å². The Morgan fingerprint density at radius 2 is 2.14 bits per heavy atom. The Morgan fingerprint density at radius 3 is 2.90 bits per heavy atom. The second-order valence-corrected chi connectivity index (χ2v) is 6.40. The average molecular weight is 321 g/mol. The molecular formula is C16H15ClNO2S+. The van der Waals surface area contributed by atoms with Crippen LogP contribution in [0, 0.1) is 6.92 Å². The van der Waals surface area contributed by atoms with E-state index in [1.165, 1.54) is 4.88 Å². The molecule has 0 saturated carbocycles. The Hall–Kier alpha value is -1.62. The zero-order valence-corrected chi connectivity index (χ0v) is 13.1. The molecule has 1 aromatic carbocycles. The molecule has 3 nitrogen and oxygen atoms in total. The number of thiophene rings is 1. The number of hydrogen-bond acceptors (Lipinski definition) is 3. The summed E-state index contributed by atoms with van der Waals surface area (Å²) in [6.07, 6.45) is 0. The van der Waals surface area contributed by atoms with Gasteiger partial charge in [0.05, 0.1) is 4.88 Å². The molecule has 0 unspecified atom stereocenters. The van der Waals surface area contributed by atoms with Crippen LogP contribution in [0.3, 0.4) is 0 Å². The summed E-state index contributed by atoms with van der Waals surface area (Å²) in [4.78, 5) is 13.0. The smallest absolute Gasteiger partial charge is 0.336 e. The SMILES string of the molecule is Cc1cc2oc(=O)cc(C[NH2+]Cc3cccs3)c2cc1Cl. The zero-order valence-electron chi connectivity index (χ0n) is 11.6. The van der Waals surface area contributed by atoms with Crippen molar-refractivity contribution in [2.45, 2.75) is 20.0 Å². The molecule has 2 aromatic heterocycles. The van der Waals surface area contributed by atoms with Crippen molar-refractivity contribution in [1.82, 2.24) is 0 Å². The van der Waals surface area contributed by atoms with Crippen LogP contribution in [0.25, 0.3) is 11.0 Å². The van der Waals surface area contributed by atoms with Crippen LogP contribution in [-0.2, 0) is 13.1 Å². The molecule has 0 spiro atoms. The highest BCUT2D eigenvalue weighted by atomic mass is 35.5. The van der Waals surface area contributed by atoms with E-state index in [1.54, 1.807) is 17.4 Å². The Morgan fingerprint density at radius 1 is 1.29 bits per heavy atom. The summed E-state index contributed by atoms with van der Waals surface area (Å²) in [6, 6.07) is 9.41. The first-order chi connectivity index (χ1) is 10.1. The van der Waals surface area contributed by atoms with Crippen molar-refractivity contribution >= 4 is 33.9 Å². The topological polar surface area (TPSA) is 46.8 Å². The Bertz CT molecular complexity index is 824. The molecule has 0 amide bonds. The molecule has 2 heterocycles. The van der Waals surface area contributed by atoms with Gasteiger partial charge in [-0.25, -0.2) is 4.79 Å². The van der Waals surface area contributed by atoms with Gasteiger partial charge < -0.3 is 9.73 Å². The third kappa shape index (κ3) is 3.18. The van der Waals surface area contributed by atoms with E-state index in [4.69, 9.17) is 16.0 Å². The predicted molar refractivity (Wildman–Crippen MR) is 85.9 cm³/mol. The van der Waals surface area contributed by atoms with Gasteiger partial charge in [-0.2, -0.15) is 0 Å². The fourth-order valence-corrected chi connectivity index (χ4v) is 3.18. The third-order valence-electron chi connectivity index (χ3n) is 3.40. The van der Waals surface area contributed by atoms with Crippen molar-refractivity contribution in [3.8, 4) is 0 Å². The maximum Gasteiger partial charge on any atom is 0.336 e. The second kappa shape index (κ2) is 6.02. The second-order valence-electron chi connectivity index (χ2n) is 4.96. The van der Waals surface area contributed by atoms with Gasteiger partial charge in [0, 0.05) is 22.0 Å². The van der Waals surface area contributed by atoms with E-state index in [0.717, 1.165) is 29.6 Å². The number of benzene rings is 1. The van der Waals surface area contributed by atoms with Gasteiger partial charge in [0.1, 0.15) is 18.7 Å². The summed E-state index contributed by atoms with van der Waals surface area (Å²) >= 11 is 7.92. The van der Waals surface area contributed by atoms with Gasteiger partial charge in [-0.15, -0.1) is 11.3 Å². The normalized spacial score (nSPS) is 11.1. The van der Waals surface area contributed by atoms with Crippen LogP contribution in [0.1, 0.15) is 16.0 Å². The van der Waals surface area contributed by atoms with Crippen LogP contribution in [0.4, 0.5) is 0 Å². The monoisotopic (exact) mass is 320 g/mol. The van der Waals surface area contributed by atoms with E-state index < -0.39 is 0 Å². The summed E-state index contributed by atoms with van der Waals surface area (Å²) < 4.78 is 5.26. The van der Waals surface area contributed by atoms with Gasteiger partial charge in [-0.05, 0) is 36.1 Å². The largest absolute Gasteiger partial charge is 0.423 e. The van der Waals surface area contributed by atoms with Crippen molar-refractivity contribution in [2.24, 2.45) is 0 Å². The molecule has 0 fully saturated rings. The number of aryl methyl sites for hydroxylation is 1. The summed E-state index contributed by atoms with van der Waals surface area (Å²) in [5.74, 6) is 0. The zero-order chi connectivity index (χ0) is 14.8. The number of halogens is 1. The molecule has 21 heavy (non-hydrogen) atoms. The lowest BCUT2D eigenvalue weighted by Crippen LogP contribution is -2.80. The molecule has 5 heteroatoms. The van der Waals surface area contributed by atoms with Crippen LogP contribution in [0.15, 0.2) is 44.9 Å². The van der Waals surface area contributed by atoms with Gasteiger partial charge in [0.2, 0.25) is 0 Å². The van der Waals surface area contributed by atoms with Gasteiger partial charge in [0.25, 0.3) is 0 Å². The molecule has 0 atom stereocenters. The summed E-state index contributed by atoms with van der Waals surface area (Å²) in [5, 5.41) is 5.84. The highest BCUT2D eigenvalue weighted by Crippen LogP contribution is 2.24. The van der Waals surface area contributed by atoms with E-state index >= 15 is 0 Å². The number of rotatable bonds is 4. The van der Waals surface area contributed by atoms with Gasteiger partial charge in [0.15, 0.2) is 0 Å². The molecule has 3 aromatic rings. The van der Waals surface area contributed by atoms with Crippen molar-refractivity contribution in [2.75, 3.05) is 0 Å². The van der Waals surface area contributed by atoms with Crippen molar-refractivity contribution < 1.29 is 9.73 Å². The number of nitrogens with two attached hydrogens (primary N) is 1. The fourth-order valence-electron chi connectivity index (χ4n) is 2.32. The van der Waals surface area contributed by atoms with Gasteiger partial charge in [-0.3, -0.25) is 0 Å². The maximum absolute atomic E-state index is 11.7. The first-order valence-electron chi connectivity index (χ1n) is 6.70. The maximum atomic E-state index is 11.7. The first-order valence-corrected chi connectivity index (χ1v) is 7.96. The number of quaternary nitrogens is 1. The molecule has 3 rings (SSSR count). The Labute approximate surface area is 131 Å². The quantitative estimate of drug-likeness (QED) is 0.751. The Balaban J connectivity index is 1.90. The van der Waals surface area contributed by atoms with Gasteiger partial charge >= 0.3 is 5.63 Å². The summed E-state index contributed by atoms with van der Waals surface area (Å²) in [7, 11) is 0. The molecule has 108 valence electrons. The van der Waals surface area contributed by atoms with Crippen molar-refractivity contribution in [1.29, 1.82) is 0 Å². The van der Waals surface area contributed by atoms with E-state index in [1.807, 2.05) is 25.1 Å². The summed E-state index contributed by atoms with van der Waals surface area (Å²) in [5.41, 5.74) is 2.15. The van der Waals surface area contributed by atoms with Crippen molar-refractivity contribution in [3.63, 3.8) is 0 Å². The number of hydrogen-bond donors (Lipinski definition) is 1. The minimum atomic E-state index is -0.316. The fraction of sp³-hybridized carbons (Fsp3) is 0.188. The lowest BCUT2D eigenvalue weighted by atomic mass is 10.1. The molecule has 0 aliphatic carbocycles. The number of fused-ring (bicyclic) bond motifs is 1. The lowest BCUT2D eigenvalue weighted by molar-refractivity contribution is -0.685. The van der Waals surface area contributed by atoms with Crippen LogP contribution in [-0.4, -0.2) is 0 Å². The molecular weight excluding hydrogens is 306 g/mol. The highest BCUT2D eigenvalue weighted by Gasteiger charge is 2.10. The standard InChI is InChI=1S/C16H14ClNO2S/c1-10-5-15-13(7-14(10)17)11(6-16(19)20-15)8-18-9-12-3-2-4-21-12/h2-7,18H,8-9H2,1H3/p+1.